The summed E-state index contributed by atoms with van der Waals surface area (Å²) >= 11 is 0. The van der Waals surface area contributed by atoms with Crippen molar-refractivity contribution in [3.05, 3.63) is 0 Å². The third-order valence-corrected chi connectivity index (χ3v) is 0.267. The third kappa shape index (κ3) is 25.0. The zero-order chi connectivity index (χ0) is 6.12. The van der Waals surface area contributed by atoms with Gasteiger partial charge in [-0.15, -0.1) is 0 Å². The Morgan fingerprint density at radius 1 is 1.14 bits per heavy atom. The van der Waals surface area contributed by atoms with E-state index in [1.807, 2.05) is 0 Å². The summed E-state index contributed by atoms with van der Waals surface area (Å²) < 4.78 is 21.5. The predicted molar refractivity (Wildman–Crippen MR) is 24.5 cm³/mol. The number of hydrogen-bond acceptors (Lipinski definition) is 1. The molecule has 0 saturated heterocycles. The molecule has 0 spiro atoms. The van der Waals surface area contributed by atoms with E-state index < -0.39 is 13.3 Å². The molecule has 1 nitrogen and oxygen atoms in total. The van der Waals surface area contributed by atoms with E-state index in [1.54, 1.807) is 0 Å². The SMILES string of the molecule is FCCCF.[B]O. The molecule has 0 amide bonds. The van der Waals surface area contributed by atoms with Gasteiger partial charge in [0.1, 0.15) is 0 Å². The van der Waals surface area contributed by atoms with Crippen molar-refractivity contribution < 1.29 is 13.8 Å². The highest BCUT2D eigenvalue weighted by atomic mass is 19.1. The highest BCUT2D eigenvalue weighted by molar-refractivity contribution is 5.95. The van der Waals surface area contributed by atoms with Crippen molar-refractivity contribution in [1.29, 1.82) is 0 Å². The van der Waals surface area contributed by atoms with Crippen molar-refractivity contribution in [2.75, 3.05) is 13.3 Å². The van der Waals surface area contributed by atoms with Gasteiger partial charge in [0.2, 0.25) is 0 Å². The van der Waals surface area contributed by atoms with Crippen LogP contribution in [0.5, 0.6) is 0 Å². The number of alkyl halides is 2. The minimum absolute atomic E-state index is 0.0556. The van der Waals surface area contributed by atoms with Gasteiger partial charge in [0, 0.05) is 6.42 Å². The van der Waals surface area contributed by atoms with E-state index in [-0.39, 0.29) is 6.42 Å². The van der Waals surface area contributed by atoms with E-state index in [1.165, 1.54) is 0 Å². The lowest BCUT2D eigenvalue weighted by atomic mass is 10.5. The predicted octanol–water partition coefficient (Wildman–Crippen LogP) is 0.378. The van der Waals surface area contributed by atoms with Gasteiger partial charge in [-0.2, -0.15) is 0 Å². The smallest absolute Gasteiger partial charge is 0.277 e. The molecule has 0 fully saturated rings. The monoisotopic (exact) mass is 108 g/mol. The first kappa shape index (κ1) is 9.99. The van der Waals surface area contributed by atoms with Crippen molar-refractivity contribution in [2.45, 2.75) is 6.42 Å². The van der Waals surface area contributed by atoms with Crippen LogP contribution in [0, 0.1) is 0 Å². The van der Waals surface area contributed by atoms with E-state index in [2.05, 4.69) is 8.05 Å². The highest BCUT2D eigenvalue weighted by Crippen LogP contribution is 1.77. The number of rotatable bonds is 2. The summed E-state index contributed by atoms with van der Waals surface area (Å²) in [7, 11) is 3.50. The minimum atomic E-state index is -0.531. The van der Waals surface area contributed by atoms with Gasteiger partial charge in [-0.1, -0.05) is 0 Å². The third-order valence-electron chi connectivity index (χ3n) is 0.267. The topological polar surface area (TPSA) is 20.2 Å². The zero-order valence-corrected chi connectivity index (χ0v) is 3.90. The van der Waals surface area contributed by atoms with Gasteiger partial charge < -0.3 is 5.02 Å². The lowest BCUT2D eigenvalue weighted by molar-refractivity contribution is 0.398. The van der Waals surface area contributed by atoms with E-state index in [9.17, 15) is 8.78 Å². The van der Waals surface area contributed by atoms with Crippen molar-refractivity contribution in [3.63, 3.8) is 0 Å². The van der Waals surface area contributed by atoms with Gasteiger partial charge in [0.05, 0.1) is 13.3 Å². The van der Waals surface area contributed by atoms with Crippen LogP contribution in [0.1, 0.15) is 6.42 Å². The molecule has 7 heavy (non-hydrogen) atoms. The lowest BCUT2D eigenvalue weighted by Crippen LogP contribution is -1.73. The molecule has 0 aliphatic heterocycles. The van der Waals surface area contributed by atoms with Crippen LogP contribution in [0.3, 0.4) is 0 Å². The Kier molecular flexibility index (Phi) is 24.1. The fourth-order valence-corrected chi connectivity index (χ4v) is 0.0505. The first-order valence-electron chi connectivity index (χ1n) is 1.79. The van der Waals surface area contributed by atoms with E-state index >= 15 is 0 Å². The largest absolute Gasteiger partial charge is 0.461 e. The summed E-state index contributed by atoms with van der Waals surface area (Å²) in [5.74, 6) is 0. The summed E-state index contributed by atoms with van der Waals surface area (Å²) in [4.78, 5) is 0. The summed E-state index contributed by atoms with van der Waals surface area (Å²) in [6, 6.07) is 0. The summed E-state index contributed by atoms with van der Waals surface area (Å²) in [6.45, 7) is -1.06. The number of halogens is 2. The molecule has 4 heteroatoms. The van der Waals surface area contributed by atoms with Gasteiger partial charge in [-0.3, -0.25) is 8.78 Å². The molecule has 0 atom stereocenters. The molecule has 2 radical (unpaired) electrons. The van der Waals surface area contributed by atoms with Crippen molar-refractivity contribution in [3.8, 4) is 0 Å². The van der Waals surface area contributed by atoms with Crippen LogP contribution >= 0.6 is 0 Å². The molecule has 0 saturated carbocycles. The lowest BCUT2D eigenvalue weighted by Gasteiger charge is -1.73. The fraction of sp³-hybridized carbons (Fsp3) is 1.00. The van der Waals surface area contributed by atoms with Gasteiger partial charge in [0.25, 0.3) is 8.05 Å². The second kappa shape index (κ2) is 16.9. The fourth-order valence-electron chi connectivity index (χ4n) is 0.0505. The van der Waals surface area contributed by atoms with Crippen LogP contribution in [0.25, 0.3) is 0 Å². The molecular formula is C3H7BF2O. The molecule has 0 aliphatic carbocycles. The zero-order valence-electron chi connectivity index (χ0n) is 3.90. The van der Waals surface area contributed by atoms with Crippen LogP contribution in [0.2, 0.25) is 0 Å². The summed E-state index contributed by atoms with van der Waals surface area (Å²) in [5.41, 5.74) is 0. The average molecular weight is 108 g/mol. The van der Waals surface area contributed by atoms with Gasteiger partial charge in [-0.25, -0.2) is 0 Å². The highest BCUT2D eigenvalue weighted by Gasteiger charge is 1.75. The van der Waals surface area contributed by atoms with Gasteiger partial charge in [-0.05, 0) is 0 Å². The molecule has 0 unspecified atom stereocenters. The molecule has 0 bridgehead atoms. The Labute approximate surface area is 42.8 Å². The molecule has 0 aliphatic rings. The molecule has 1 N–H and O–H groups in total. The molecule has 0 aromatic carbocycles. The Morgan fingerprint density at radius 2 is 1.43 bits per heavy atom. The summed E-state index contributed by atoms with van der Waals surface area (Å²) in [5, 5.41) is 6.50. The minimum Gasteiger partial charge on any atom is -0.461 e. The standard InChI is InChI=1S/C3H6F2.BHO/c4-2-1-3-5;1-2/h1-3H2;2H. The van der Waals surface area contributed by atoms with Crippen LogP contribution in [0.15, 0.2) is 0 Å². The first-order valence-corrected chi connectivity index (χ1v) is 1.79. The van der Waals surface area contributed by atoms with E-state index in [4.69, 9.17) is 5.02 Å². The van der Waals surface area contributed by atoms with Crippen molar-refractivity contribution in [1.82, 2.24) is 0 Å². The van der Waals surface area contributed by atoms with E-state index in [0.717, 1.165) is 0 Å². The van der Waals surface area contributed by atoms with Crippen LogP contribution in [-0.4, -0.2) is 26.4 Å². The summed E-state index contributed by atoms with van der Waals surface area (Å²) in [6.07, 6.45) is 0.0556. The quantitative estimate of drug-likeness (QED) is 0.507. The molecular weight excluding hydrogens is 101 g/mol. The second-order valence-corrected chi connectivity index (χ2v) is 0.732. The Balaban J connectivity index is 0. The Hall–Kier alpha value is -0.115. The van der Waals surface area contributed by atoms with Crippen LogP contribution in [0.4, 0.5) is 8.78 Å². The maximum Gasteiger partial charge on any atom is 0.277 e. The Bertz CT molecular complexity index is 20.4. The van der Waals surface area contributed by atoms with Crippen LogP contribution in [-0.2, 0) is 0 Å². The average Bonchev–Trinajstić information content (AvgIpc) is 1.75. The van der Waals surface area contributed by atoms with Crippen molar-refractivity contribution >= 4 is 8.05 Å². The van der Waals surface area contributed by atoms with Crippen molar-refractivity contribution in [2.24, 2.45) is 0 Å². The van der Waals surface area contributed by atoms with Gasteiger partial charge in [0.15, 0.2) is 0 Å². The molecule has 42 valence electrons. The molecule has 0 aromatic rings. The number of hydrogen-bond donors (Lipinski definition) is 1. The normalized spacial score (nSPS) is 6.71. The molecule has 0 heterocycles. The second-order valence-electron chi connectivity index (χ2n) is 0.732. The maximum atomic E-state index is 10.8. The first-order chi connectivity index (χ1) is 3.41. The maximum absolute atomic E-state index is 10.8. The van der Waals surface area contributed by atoms with Crippen LogP contribution < -0.4 is 0 Å². The Morgan fingerprint density at radius 3 is 1.43 bits per heavy atom. The van der Waals surface area contributed by atoms with E-state index in [0.29, 0.717) is 0 Å². The van der Waals surface area contributed by atoms with Gasteiger partial charge >= 0.3 is 0 Å². The molecule has 0 aromatic heterocycles. The molecule has 0 rings (SSSR count).